The van der Waals surface area contributed by atoms with Crippen molar-refractivity contribution in [2.45, 2.75) is 33.2 Å². The predicted octanol–water partition coefficient (Wildman–Crippen LogP) is 6.06. The van der Waals surface area contributed by atoms with E-state index in [0.717, 1.165) is 28.9 Å². The normalized spacial score (nSPS) is 11.8. The van der Waals surface area contributed by atoms with Gasteiger partial charge < -0.3 is 10.6 Å². The van der Waals surface area contributed by atoms with Crippen molar-refractivity contribution in [3.05, 3.63) is 65.2 Å². The molecule has 1 aromatic heterocycles. The van der Waals surface area contributed by atoms with Gasteiger partial charge in [0.15, 0.2) is 0 Å². The summed E-state index contributed by atoms with van der Waals surface area (Å²) in [6, 6.07) is 18.1. The number of aryl methyl sites for hydroxylation is 1. The fraction of sp³-hybridized carbons (Fsp3) is 0.238. The van der Waals surface area contributed by atoms with Crippen LogP contribution in [-0.4, -0.2) is 16.0 Å². The van der Waals surface area contributed by atoms with E-state index < -0.39 is 0 Å². The van der Waals surface area contributed by atoms with E-state index >= 15 is 0 Å². The minimum atomic E-state index is 0.288. The Morgan fingerprint density at radius 1 is 1.04 bits per heavy atom. The number of benzene rings is 2. The van der Waals surface area contributed by atoms with E-state index in [-0.39, 0.29) is 6.04 Å². The van der Waals surface area contributed by atoms with Gasteiger partial charge in [-0.3, -0.25) is 0 Å². The van der Waals surface area contributed by atoms with Crippen molar-refractivity contribution < 1.29 is 0 Å². The molecule has 1 heterocycles. The molecule has 0 saturated heterocycles. The summed E-state index contributed by atoms with van der Waals surface area (Å²) in [6.07, 6.45) is 0.991. The van der Waals surface area contributed by atoms with Crippen LogP contribution in [0.25, 0.3) is 11.3 Å². The highest BCUT2D eigenvalue weighted by atomic mass is 35.5. The fourth-order valence-electron chi connectivity index (χ4n) is 2.57. The van der Waals surface area contributed by atoms with E-state index in [1.54, 1.807) is 0 Å². The monoisotopic (exact) mass is 366 g/mol. The summed E-state index contributed by atoms with van der Waals surface area (Å²) >= 11 is 6.36. The summed E-state index contributed by atoms with van der Waals surface area (Å²) in [4.78, 5) is 9.32. The maximum atomic E-state index is 6.36. The van der Waals surface area contributed by atoms with E-state index in [9.17, 15) is 0 Å². The molecule has 0 unspecified atom stereocenters. The largest absolute Gasteiger partial charge is 0.352 e. The number of hydrogen-bond donors (Lipinski definition) is 2. The molecule has 5 heteroatoms. The molecule has 1 atom stereocenters. The quantitative estimate of drug-likeness (QED) is 0.556. The molecule has 2 N–H and O–H groups in total. The third kappa shape index (κ3) is 4.33. The number of rotatable bonds is 6. The summed E-state index contributed by atoms with van der Waals surface area (Å²) in [7, 11) is 0. The lowest BCUT2D eigenvalue weighted by Crippen LogP contribution is -2.16. The van der Waals surface area contributed by atoms with Crippen LogP contribution in [0.15, 0.2) is 54.6 Å². The first-order valence-corrected chi connectivity index (χ1v) is 9.17. The maximum absolute atomic E-state index is 6.36. The number of hydrogen-bond acceptors (Lipinski definition) is 4. The highest BCUT2D eigenvalue weighted by molar-refractivity contribution is 6.33. The second-order valence-corrected chi connectivity index (χ2v) is 6.75. The molecule has 134 valence electrons. The van der Waals surface area contributed by atoms with Gasteiger partial charge in [-0.1, -0.05) is 61.0 Å². The van der Waals surface area contributed by atoms with Crippen LogP contribution in [0.4, 0.5) is 17.5 Å². The van der Waals surface area contributed by atoms with Crippen LogP contribution >= 0.6 is 11.6 Å². The number of aromatic nitrogens is 2. The van der Waals surface area contributed by atoms with Crippen molar-refractivity contribution in [1.82, 2.24) is 9.97 Å². The number of nitrogens with one attached hydrogen (secondary N) is 2. The number of anilines is 3. The summed E-state index contributed by atoms with van der Waals surface area (Å²) < 4.78 is 0. The van der Waals surface area contributed by atoms with Crippen molar-refractivity contribution in [3.63, 3.8) is 0 Å². The van der Waals surface area contributed by atoms with Crippen molar-refractivity contribution in [2.75, 3.05) is 10.6 Å². The lowest BCUT2D eigenvalue weighted by Gasteiger charge is -2.16. The molecule has 0 bridgehead atoms. The Hall–Kier alpha value is -2.59. The number of halogens is 1. The van der Waals surface area contributed by atoms with Crippen LogP contribution in [0, 0.1) is 6.92 Å². The fourth-order valence-corrected chi connectivity index (χ4v) is 2.84. The molecule has 0 fully saturated rings. The zero-order chi connectivity index (χ0) is 18.5. The first kappa shape index (κ1) is 18.2. The van der Waals surface area contributed by atoms with Gasteiger partial charge in [0, 0.05) is 17.7 Å². The summed E-state index contributed by atoms with van der Waals surface area (Å²) in [5.41, 5.74) is 3.83. The van der Waals surface area contributed by atoms with E-state index in [0.29, 0.717) is 16.8 Å². The maximum Gasteiger partial charge on any atom is 0.225 e. The Balaban J connectivity index is 2.02. The summed E-state index contributed by atoms with van der Waals surface area (Å²) in [5.74, 6) is 1.31. The van der Waals surface area contributed by atoms with Crippen molar-refractivity contribution in [3.8, 4) is 11.3 Å². The predicted molar refractivity (Wildman–Crippen MR) is 110 cm³/mol. The molecule has 0 aliphatic carbocycles. The van der Waals surface area contributed by atoms with Crippen LogP contribution < -0.4 is 10.6 Å². The second kappa shape index (κ2) is 8.19. The minimum Gasteiger partial charge on any atom is -0.352 e. The summed E-state index contributed by atoms with van der Waals surface area (Å²) in [6.45, 7) is 6.26. The smallest absolute Gasteiger partial charge is 0.225 e. The first-order chi connectivity index (χ1) is 12.6. The van der Waals surface area contributed by atoms with Gasteiger partial charge in [-0.25, -0.2) is 4.98 Å². The Bertz CT molecular complexity index is 860. The van der Waals surface area contributed by atoms with E-state index in [4.69, 9.17) is 11.6 Å². The minimum absolute atomic E-state index is 0.288. The van der Waals surface area contributed by atoms with E-state index in [1.165, 1.54) is 0 Å². The molecule has 3 aromatic rings. The molecule has 3 rings (SSSR count). The average Bonchev–Trinajstić information content (AvgIpc) is 2.65. The van der Waals surface area contributed by atoms with Crippen LogP contribution in [-0.2, 0) is 0 Å². The van der Waals surface area contributed by atoms with Crippen molar-refractivity contribution in [1.29, 1.82) is 0 Å². The Morgan fingerprint density at radius 3 is 2.50 bits per heavy atom. The number of para-hydroxylation sites is 1. The third-order valence-corrected chi connectivity index (χ3v) is 4.57. The molecule has 0 aliphatic rings. The van der Waals surface area contributed by atoms with Gasteiger partial charge >= 0.3 is 0 Å². The molecule has 0 spiro atoms. The van der Waals surface area contributed by atoms with Crippen molar-refractivity contribution in [2.24, 2.45) is 0 Å². The Kier molecular flexibility index (Phi) is 5.74. The standard InChI is InChI=1S/C21H23ClN4/c1-4-15(3)23-21-24-18(16-10-6-5-7-11-16)13-19(26-21)25-20-14(2)9-8-12-17(20)22/h5-13,15H,4H2,1-3H3,(H2,23,24,25,26)/t15-/m0/s1. The summed E-state index contributed by atoms with van der Waals surface area (Å²) in [5, 5.41) is 7.39. The second-order valence-electron chi connectivity index (χ2n) is 6.34. The molecule has 0 saturated carbocycles. The molecule has 26 heavy (non-hydrogen) atoms. The van der Waals surface area contributed by atoms with Crippen LogP contribution in [0.3, 0.4) is 0 Å². The van der Waals surface area contributed by atoms with Crippen LogP contribution in [0.2, 0.25) is 5.02 Å². The van der Waals surface area contributed by atoms with Gasteiger partial charge in [0.1, 0.15) is 5.82 Å². The lowest BCUT2D eigenvalue weighted by atomic mass is 10.1. The highest BCUT2D eigenvalue weighted by Crippen LogP contribution is 2.30. The van der Waals surface area contributed by atoms with E-state index in [2.05, 4.69) is 34.4 Å². The molecule has 0 aliphatic heterocycles. The molecule has 4 nitrogen and oxygen atoms in total. The third-order valence-electron chi connectivity index (χ3n) is 4.26. The van der Waals surface area contributed by atoms with Gasteiger partial charge in [0.2, 0.25) is 5.95 Å². The topological polar surface area (TPSA) is 49.8 Å². The van der Waals surface area contributed by atoms with Crippen molar-refractivity contribution >= 4 is 29.1 Å². The van der Waals surface area contributed by atoms with Gasteiger partial charge in [-0.15, -0.1) is 0 Å². The highest BCUT2D eigenvalue weighted by Gasteiger charge is 2.11. The molecule has 0 amide bonds. The molecular formula is C21H23ClN4. The Labute approximate surface area is 159 Å². The van der Waals surface area contributed by atoms with Crippen LogP contribution in [0.5, 0.6) is 0 Å². The molecular weight excluding hydrogens is 344 g/mol. The molecule has 2 aromatic carbocycles. The average molecular weight is 367 g/mol. The zero-order valence-electron chi connectivity index (χ0n) is 15.3. The number of nitrogens with zero attached hydrogens (tertiary/aromatic N) is 2. The van der Waals surface area contributed by atoms with Crippen LogP contribution in [0.1, 0.15) is 25.8 Å². The molecule has 0 radical (unpaired) electrons. The lowest BCUT2D eigenvalue weighted by molar-refractivity contribution is 0.753. The SMILES string of the molecule is CC[C@H](C)Nc1nc(Nc2c(C)cccc2Cl)cc(-c2ccccc2)n1. The van der Waals surface area contributed by atoms with E-state index in [1.807, 2.05) is 61.5 Å². The zero-order valence-corrected chi connectivity index (χ0v) is 16.0. The van der Waals surface area contributed by atoms with Gasteiger partial charge in [0.05, 0.1) is 16.4 Å². The Morgan fingerprint density at radius 2 is 1.81 bits per heavy atom. The van der Waals surface area contributed by atoms with Gasteiger partial charge in [-0.05, 0) is 31.9 Å². The van der Waals surface area contributed by atoms with Gasteiger partial charge in [0.25, 0.3) is 0 Å². The van der Waals surface area contributed by atoms with Gasteiger partial charge in [-0.2, -0.15) is 4.98 Å². The first-order valence-electron chi connectivity index (χ1n) is 8.80.